The van der Waals surface area contributed by atoms with Gasteiger partial charge in [-0.2, -0.15) is 0 Å². The highest BCUT2D eigenvalue weighted by molar-refractivity contribution is 6.23. The topological polar surface area (TPSA) is 12.0 Å². The van der Waals surface area contributed by atoms with Crippen molar-refractivity contribution in [2.45, 2.75) is 11.8 Å². The van der Waals surface area contributed by atoms with Gasteiger partial charge in [0.1, 0.15) is 5.82 Å². The van der Waals surface area contributed by atoms with Crippen molar-refractivity contribution in [3.63, 3.8) is 0 Å². The third-order valence-electron chi connectivity index (χ3n) is 3.61. The van der Waals surface area contributed by atoms with Crippen LogP contribution in [0.2, 0.25) is 0 Å². The zero-order valence-corrected chi connectivity index (χ0v) is 12.2. The lowest BCUT2D eigenvalue weighted by atomic mass is 9.91. The Bertz CT molecular complexity index is 706. The van der Waals surface area contributed by atoms with E-state index >= 15 is 0 Å². The zero-order chi connectivity index (χ0) is 14.8. The van der Waals surface area contributed by atoms with Gasteiger partial charge in [-0.1, -0.05) is 49.0 Å². The predicted molar refractivity (Wildman–Crippen MR) is 86.2 cm³/mol. The summed E-state index contributed by atoms with van der Waals surface area (Å²) in [5.74, 6) is -0.255. The van der Waals surface area contributed by atoms with Crippen LogP contribution in [-0.4, -0.2) is 5.38 Å². The summed E-state index contributed by atoms with van der Waals surface area (Å²) >= 11 is 6.31. The first-order chi connectivity index (χ1) is 10.2. The lowest BCUT2D eigenvalue weighted by Gasteiger charge is -2.28. The molecular weight excluding hydrogens is 285 g/mol. The monoisotopic (exact) mass is 299 g/mol. The second-order valence-corrected chi connectivity index (χ2v) is 5.55. The summed E-state index contributed by atoms with van der Waals surface area (Å²) in [5, 5.41) is 2.99. The van der Waals surface area contributed by atoms with E-state index in [-0.39, 0.29) is 11.2 Å². The van der Waals surface area contributed by atoms with Gasteiger partial charge in [0.25, 0.3) is 0 Å². The molecule has 0 fully saturated rings. The highest BCUT2D eigenvalue weighted by atomic mass is 35.5. The van der Waals surface area contributed by atoms with Gasteiger partial charge in [-0.15, -0.1) is 11.6 Å². The van der Waals surface area contributed by atoms with Crippen molar-refractivity contribution >= 4 is 22.9 Å². The average Bonchev–Trinajstić information content (AvgIpc) is 2.51. The van der Waals surface area contributed by atoms with Crippen LogP contribution in [0.4, 0.5) is 4.39 Å². The molecule has 3 heteroatoms. The summed E-state index contributed by atoms with van der Waals surface area (Å²) in [6, 6.07) is 16.6. The molecule has 2 aromatic carbocycles. The lowest BCUT2D eigenvalue weighted by Crippen LogP contribution is -2.26. The van der Waals surface area contributed by atoms with E-state index < -0.39 is 0 Å². The van der Waals surface area contributed by atoms with E-state index in [9.17, 15) is 4.39 Å². The molecule has 21 heavy (non-hydrogen) atoms. The van der Waals surface area contributed by atoms with Gasteiger partial charge in [0, 0.05) is 11.3 Å². The smallest absolute Gasteiger partial charge is 0.132 e. The fraction of sp³-hybridized carbons (Fsp3) is 0.111. The fourth-order valence-corrected chi connectivity index (χ4v) is 2.72. The van der Waals surface area contributed by atoms with E-state index in [0.717, 1.165) is 16.8 Å². The van der Waals surface area contributed by atoms with E-state index in [1.54, 1.807) is 12.1 Å². The number of halogens is 2. The number of benzene rings is 2. The first kappa shape index (κ1) is 13.9. The van der Waals surface area contributed by atoms with Gasteiger partial charge in [0.15, 0.2) is 0 Å². The van der Waals surface area contributed by atoms with Crippen molar-refractivity contribution in [3.8, 4) is 0 Å². The molecular formula is C18H15ClFN. The molecule has 3 rings (SSSR count). The van der Waals surface area contributed by atoms with Crippen molar-refractivity contribution in [2.75, 3.05) is 0 Å². The molecule has 1 aliphatic heterocycles. The van der Waals surface area contributed by atoms with Gasteiger partial charge in [-0.3, -0.25) is 0 Å². The van der Waals surface area contributed by atoms with Gasteiger partial charge in [-0.05, 0) is 29.7 Å². The third kappa shape index (κ3) is 2.72. The highest BCUT2D eigenvalue weighted by Crippen LogP contribution is 2.36. The van der Waals surface area contributed by atoms with Crippen molar-refractivity contribution < 1.29 is 4.39 Å². The first-order valence-corrected chi connectivity index (χ1v) is 7.24. The molecule has 1 heterocycles. The molecule has 0 bridgehead atoms. The molecule has 1 unspecified atom stereocenters. The van der Waals surface area contributed by atoms with E-state index in [0.29, 0.717) is 17.7 Å². The Hall–Kier alpha value is -2.06. The molecule has 1 atom stereocenters. The van der Waals surface area contributed by atoms with Crippen molar-refractivity contribution in [3.05, 3.63) is 83.8 Å². The van der Waals surface area contributed by atoms with Crippen molar-refractivity contribution in [1.29, 1.82) is 0 Å². The molecule has 2 aromatic rings. The Balaban J connectivity index is 2.19. The van der Waals surface area contributed by atoms with E-state index in [1.165, 1.54) is 6.07 Å². The molecule has 0 radical (unpaired) electrons. The molecule has 1 aliphatic rings. The van der Waals surface area contributed by atoms with Crippen LogP contribution in [0.25, 0.3) is 11.3 Å². The van der Waals surface area contributed by atoms with Crippen LogP contribution in [0, 0.1) is 5.82 Å². The van der Waals surface area contributed by atoms with E-state index in [4.69, 9.17) is 11.6 Å². The van der Waals surface area contributed by atoms with Gasteiger partial charge >= 0.3 is 0 Å². The van der Waals surface area contributed by atoms with Gasteiger partial charge < -0.3 is 5.32 Å². The molecule has 0 aliphatic carbocycles. The Morgan fingerprint density at radius 3 is 2.43 bits per heavy atom. The molecule has 1 N–H and O–H groups in total. The summed E-state index contributed by atoms with van der Waals surface area (Å²) < 4.78 is 14.2. The summed E-state index contributed by atoms with van der Waals surface area (Å²) in [7, 11) is 0. The number of hydrogen-bond donors (Lipinski definition) is 1. The summed E-state index contributed by atoms with van der Waals surface area (Å²) in [4.78, 5) is 0. The number of hydrogen-bond acceptors (Lipinski definition) is 1. The van der Waals surface area contributed by atoms with Crippen molar-refractivity contribution in [2.24, 2.45) is 0 Å². The minimum atomic E-state index is -0.255. The Labute approximate surface area is 128 Å². The Morgan fingerprint density at radius 1 is 1.05 bits per heavy atom. The van der Waals surface area contributed by atoms with Gasteiger partial charge in [0.05, 0.1) is 11.1 Å². The summed E-state index contributed by atoms with van der Waals surface area (Å²) in [5.41, 5.74) is 4.05. The van der Waals surface area contributed by atoms with Crippen LogP contribution in [0.15, 0.2) is 66.9 Å². The number of allylic oxidation sites excluding steroid dienone is 2. The number of nitrogens with one attached hydrogen (secondary N) is 1. The number of rotatable bonds is 2. The number of alkyl halides is 1. The standard InChI is InChI=1S/C18H15ClFN/c1-12-16(19)11-15(13-7-3-2-4-8-13)18(21-12)14-9-5-6-10-17(14)20/h2-10,16,21H,1,11H2. The SMILES string of the molecule is C=C1NC(c2ccccc2F)=C(c2ccccc2)CC1Cl. The fourth-order valence-electron chi connectivity index (χ4n) is 2.51. The maximum absolute atomic E-state index is 14.2. The molecule has 0 aromatic heterocycles. The van der Waals surface area contributed by atoms with Gasteiger partial charge in [-0.25, -0.2) is 4.39 Å². The lowest BCUT2D eigenvalue weighted by molar-refractivity contribution is 0.622. The van der Waals surface area contributed by atoms with Crippen LogP contribution in [0.3, 0.4) is 0 Å². The quantitative estimate of drug-likeness (QED) is 0.785. The molecule has 0 spiro atoms. The first-order valence-electron chi connectivity index (χ1n) is 6.80. The summed E-state index contributed by atoms with van der Waals surface area (Å²) in [6.45, 7) is 3.93. The predicted octanol–water partition coefficient (Wildman–Crippen LogP) is 4.81. The minimum Gasteiger partial charge on any atom is -0.357 e. The maximum atomic E-state index is 14.2. The van der Waals surface area contributed by atoms with E-state index in [1.807, 2.05) is 36.4 Å². The average molecular weight is 300 g/mol. The Kier molecular flexibility index (Phi) is 3.80. The van der Waals surface area contributed by atoms with Gasteiger partial charge in [0.2, 0.25) is 0 Å². The molecule has 106 valence electrons. The van der Waals surface area contributed by atoms with Crippen LogP contribution in [0.5, 0.6) is 0 Å². The normalized spacial score (nSPS) is 18.6. The van der Waals surface area contributed by atoms with Crippen LogP contribution >= 0.6 is 11.6 Å². The van der Waals surface area contributed by atoms with E-state index in [2.05, 4.69) is 11.9 Å². The Morgan fingerprint density at radius 2 is 1.71 bits per heavy atom. The molecule has 0 saturated heterocycles. The molecule has 0 amide bonds. The van der Waals surface area contributed by atoms with Crippen LogP contribution in [0.1, 0.15) is 17.5 Å². The summed E-state index contributed by atoms with van der Waals surface area (Å²) in [6.07, 6.45) is 0.626. The van der Waals surface area contributed by atoms with Crippen LogP contribution in [-0.2, 0) is 0 Å². The minimum absolute atomic E-state index is 0.198. The maximum Gasteiger partial charge on any atom is 0.132 e. The van der Waals surface area contributed by atoms with Crippen LogP contribution < -0.4 is 5.32 Å². The second-order valence-electron chi connectivity index (χ2n) is 5.02. The zero-order valence-electron chi connectivity index (χ0n) is 11.4. The molecule has 0 saturated carbocycles. The highest BCUT2D eigenvalue weighted by Gasteiger charge is 2.25. The third-order valence-corrected chi connectivity index (χ3v) is 4.03. The molecule has 1 nitrogen and oxygen atoms in total. The second kappa shape index (κ2) is 5.74. The largest absolute Gasteiger partial charge is 0.357 e. The van der Waals surface area contributed by atoms with Crippen molar-refractivity contribution in [1.82, 2.24) is 5.32 Å².